The SMILES string of the molecule is CCOc1cncc(-c2nc(CC)nc(Cl)c2C)c1. The lowest BCUT2D eigenvalue weighted by Gasteiger charge is -2.09. The van der Waals surface area contributed by atoms with Gasteiger partial charge in [0.15, 0.2) is 0 Å². The van der Waals surface area contributed by atoms with Gasteiger partial charge >= 0.3 is 0 Å². The maximum Gasteiger partial charge on any atom is 0.138 e. The molecule has 2 heterocycles. The Morgan fingerprint density at radius 2 is 2.00 bits per heavy atom. The van der Waals surface area contributed by atoms with Gasteiger partial charge in [0.05, 0.1) is 18.5 Å². The van der Waals surface area contributed by atoms with Crippen LogP contribution in [0.2, 0.25) is 5.15 Å². The van der Waals surface area contributed by atoms with Gasteiger partial charge in [-0.25, -0.2) is 9.97 Å². The molecule has 0 fully saturated rings. The quantitative estimate of drug-likeness (QED) is 0.803. The Morgan fingerprint density at radius 3 is 2.68 bits per heavy atom. The molecule has 2 aromatic heterocycles. The number of nitrogens with zero attached hydrogens (tertiary/aromatic N) is 3. The number of aryl methyl sites for hydroxylation is 1. The fraction of sp³-hybridized carbons (Fsp3) is 0.357. The molecular weight excluding hydrogens is 262 g/mol. The lowest BCUT2D eigenvalue weighted by Crippen LogP contribution is -2.00. The van der Waals surface area contributed by atoms with E-state index >= 15 is 0 Å². The molecule has 0 aromatic carbocycles. The zero-order valence-corrected chi connectivity index (χ0v) is 12.0. The van der Waals surface area contributed by atoms with E-state index in [0.717, 1.165) is 34.8 Å². The van der Waals surface area contributed by atoms with Crippen LogP contribution in [0.25, 0.3) is 11.3 Å². The van der Waals surface area contributed by atoms with Gasteiger partial charge in [-0.1, -0.05) is 18.5 Å². The summed E-state index contributed by atoms with van der Waals surface area (Å²) >= 11 is 6.15. The molecule has 0 aliphatic heterocycles. The highest BCUT2D eigenvalue weighted by Crippen LogP contribution is 2.27. The third kappa shape index (κ3) is 3.01. The number of hydrogen-bond donors (Lipinski definition) is 0. The second-order valence-corrected chi connectivity index (χ2v) is 4.46. The highest BCUT2D eigenvalue weighted by atomic mass is 35.5. The molecule has 5 heteroatoms. The van der Waals surface area contributed by atoms with Crippen molar-refractivity contribution in [3.63, 3.8) is 0 Å². The van der Waals surface area contributed by atoms with E-state index < -0.39 is 0 Å². The molecule has 4 nitrogen and oxygen atoms in total. The van der Waals surface area contributed by atoms with Crippen LogP contribution in [0.4, 0.5) is 0 Å². The Kier molecular flexibility index (Phi) is 4.32. The van der Waals surface area contributed by atoms with Crippen molar-refractivity contribution < 1.29 is 4.74 Å². The van der Waals surface area contributed by atoms with Gasteiger partial charge in [0.1, 0.15) is 16.7 Å². The first kappa shape index (κ1) is 13.7. The van der Waals surface area contributed by atoms with Gasteiger partial charge < -0.3 is 4.74 Å². The molecule has 2 aromatic rings. The van der Waals surface area contributed by atoms with E-state index in [9.17, 15) is 0 Å². The van der Waals surface area contributed by atoms with E-state index in [0.29, 0.717) is 11.8 Å². The van der Waals surface area contributed by atoms with Crippen LogP contribution in [0.5, 0.6) is 5.75 Å². The third-order valence-corrected chi connectivity index (χ3v) is 3.11. The lowest BCUT2D eigenvalue weighted by atomic mass is 10.1. The monoisotopic (exact) mass is 277 g/mol. The summed E-state index contributed by atoms with van der Waals surface area (Å²) in [5, 5.41) is 0.490. The molecule has 0 N–H and O–H groups in total. The highest BCUT2D eigenvalue weighted by Gasteiger charge is 2.11. The van der Waals surface area contributed by atoms with Gasteiger partial charge in [-0.2, -0.15) is 0 Å². The molecule has 0 bridgehead atoms. The van der Waals surface area contributed by atoms with Crippen LogP contribution < -0.4 is 4.74 Å². The Bertz CT molecular complexity index is 587. The summed E-state index contributed by atoms with van der Waals surface area (Å²) in [7, 11) is 0. The normalized spacial score (nSPS) is 10.5. The Hall–Kier alpha value is -1.68. The molecule has 0 aliphatic rings. The van der Waals surface area contributed by atoms with Gasteiger partial charge in [0.2, 0.25) is 0 Å². The van der Waals surface area contributed by atoms with Gasteiger partial charge in [0.25, 0.3) is 0 Å². The molecule has 0 saturated carbocycles. The molecule has 0 spiro atoms. The van der Waals surface area contributed by atoms with E-state index in [4.69, 9.17) is 16.3 Å². The third-order valence-electron chi connectivity index (χ3n) is 2.75. The van der Waals surface area contributed by atoms with Gasteiger partial charge in [-0.15, -0.1) is 0 Å². The summed E-state index contributed by atoms with van der Waals surface area (Å²) in [6.07, 6.45) is 4.19. The molecule has 0 amide bonds. The topological polar surface area (TPSA) is 47.9 Å². The molecule has 0 radical (unpaired) electrons. The van der Waals surface area contributed by atoms with Crippen LogP contribution in [0.1, 0.15) is 25.2 Å². The average molecular weight is 278 g/mol. The minimum absolute atomic E-state index is 0.490. The summed E-state index contributed by atoms with van der Waals surface area (Å²) in [5.41, 5.74) is 2.56. The lowest BCUT2D eigenvalue weighted by molar-refractivity contribution is 0.339. The minimum atomic E-state index is 0.490. The molecule has 19 heavy (non-hydrogen) atoms. The molecule has 0 atom stereocenters. The van der Waals surface area contributed by atoms with E-state index in [1.165, 1.54) is 0 Å². The zero-order chi connectivity index (χ0) is 13.8. The first-order chi connectivity index (χ1) is 9.15. The smallest absolute Gasteiger partial charge is 0.138 e. The maximum absolute atomic E-state index is 6.15. The molecule has 0 unspecified atom stereocenters. The molecule has 2 rings (SSSR count). The number of aromatic nitrogens is 3. The Morgan fingerprint density at radius 1 is 1.21 bits per heavy atom. The number of rotatable bonds is 4. The van der Waals surface area contributed by atoms with Gasteiger partial charge in [-0.05, 0) is 19.9 Å². The largest absolute Gasteiger partial charge is 0.492 e. The van der Waals surface area contributed by atoms with Crippen molar-refractivity contribution >= 4 is 11.6 Å². The highest BCUT2D eigenvalue weighted by molar-refractivity contribution is 6.30. The average Bonchev–Trinajstić information content (AvgIpc) is 2.42. The fourth-order valence-corrected chi connectivity index (χ4v) is 1.95. The number of ether oxygens (including phenoxy) is 1. The Balaban J connectivity index is 2.51. The van der Waals surface area contributed by atoms with Crippen molar-refractivity contribution in [2.24, 2.45) is 0 Å². The standard InChI is InChI=1S/C14H16ClN3O/c1-4-12-17-13(9(3)14(15)18-12)10-6-11(19-5-2)8-16-7-10/h6-8H,4-5H2,1-3H3. The van der Waals surface area contributed by atoms with E-state index in [1.54, 1.807) is 12.4 Å². The maximum atomic E-state index is 6.15. The van der Waals surface area contributed by atoms with Crippen LogP contribution >= 0.6 is 11.6 Å². The summed E-state index contributed by atoms with van der Waals surface area (Å²) in [6, 6.07) is 1.92. The summed E-state index contributed by atoms with van der Waals surface area (Å²) < 4.78 is 5.46. The van der Waals surface area contributed by atoms with Crippen LogP contribution in [0.3, 0.4) is 0 Å². The van der Waals surface area contributed by atoms with Crippen molar-refractivity contribution in [1.29, 1.82) is 0 Å². The van der Waals surface area contributed by atoms with Crippen molar-refractivity contribution in [2.75, 3.05) is 6.61 Å². The predicted molar refractivity (Wildman–Crippen MR) is 75.6 cm³/mol. The molecule has 100 valence electrons. The first-order valence-electron chi connectivity index (χ1n) is 6.27. The van der Waals surface area contributed by atoms with Crippen molar-refractivity contribution in [3.05, 3.63) is 35.0 Å². The van der Waals surface area contributed by atoms with Gasteiger partial charge in [-0.3, -0.25) is 4.98 Å². The van der Waals surface area contributed by atoms with Crippen LogP contribution in [0.15, 0.2) is 18.5 Å². The Labute approximate surface area is 117 Å². The fourth-order valence-electron chi connectivity index (χ4n) is 1.77. The summed E-state index contributed by atoms with van der Waals surface area (Å²) in [4.78, 5) is 12.9. The number of hydrogen-bond acceptors (Lipinski definition) is 4. The zero-order valence-electron chi connectivity index (χ0n) is 11.3. The van der Waals surface area contributed by atoms with Crippen LogP contribution in [0, 0.1) is 6.92 Å². The van der Waals surface area contributed by atoms with Gasteiger partial charge in [0, 0.05) is 23.7 Å². The van der Waals surface area contributed by atoms with Crippen molar-refractivity contribution in [2.45, 2.75) is 27.2 Å². The van der Waals surface area contributed by atoms with Crippen LogP contribution in [-0.4, -0.2) is 21.6 Å². The van der Waals surface area contributed by atoms with E-state index in [1.807, 2.05) is 26.8 Å². The van der Waals surface area contributed by atoms with Crippen LogP contribution in [-0.2, 0) is 6.42 Å². The second kappa shape index (κ2) is 5.97. The molecular formula is C14H16ClN3O. The number of halogens is 1. The molecule has 0 aliphatic carbocycles. The van der Waals surface area contributed by atoms with E-state index in [2.05, 4.69) is 15.0 Å². The second-order valence-electron chi connectivity index (χ2n) is 4.10. The van der Waals surface area contributed by atoms with Crippen molar-refractivity contribution in [3.8, 4) is 17.0 Å². The first-order valence-corrected chi connectivity index (χ1v) is 6.64. The molecule has 0 saturated heterocycles. The number of pyridine rings is 1. The van der Waals surface area contributed by atoms with E-state index in [-0.39, 0.29) is 0 Å². The predicted octanol–water partition coefficient (Wildman–Crippen LogP) is 3.46. The van der Waals surface area contributed by atoms with Crippen molar-refractivity contribution in [1.82, 2.24) is 15.0 Å². The minimum Gasteiger partial charge on any atom is -0.492 e. The summed E-state index contributed by atoms with van der Waals surface area (Å²) in [6.45, 7) is 6.45. The summed E-state index contributed by atoms with van der Waals surface area (Å²) in [5.74, 6) is 1.46.